The Hall–Kier alpha value is -14.1. The Bertz CT molecular complexity index is 7270. The predicted molar refractivity (Wildman–Crippen MR) is 529 cm³/mol. The Morgan fingerprint density at radius 2 is 0.607 bits per heavy atom. The highest BCUT2D eigenvalue weighted by Crippen LogP contribution is 2.43. The average Bonchev–Trinajstić information content (AvgIpc) is 1.57. The molecule has 23 heterocycles. The van der Waals surface area contributed by atoms with Gasteiger partial charge >= 0.3 is 0 Å². The second kappa shape index (κ2) is 39.6. The molecule has 0 N–H and O–H groups in total. The molecular weight excluding hydrogens is 1680 g/mol. The molecule has 0 radical (unpaired) electrons. The third kappa shape index (κ3) is 19.5. The van der Waals surface area contributed by atoms with Gasteiger partial charge in [0.25, 0.3) is 0 Å². The zero-order valence-electron chi connectivity index (χ0n) is 79.4. The molecule has 31 heteroatoms. The monoisotopic (exact) mass is 1800 g/mol. The Balaban J connectivity index is 0.000000105. The summed E-state index contributed by atoms with van der Waals surface area (Å²) in [4.78, 5) is 110. The molecular formula is C104H119N31. The number of imidazole rings is 5. The zero-order valence-corrected chi connectivity index (χ0v) is 79.4. The van der Waals surface area contributed by atoms with Gasteiger partial charge in [-0.25, -0.2) is 79.7 Å². The molecule has 5 aliphatic heterocycles. The Morgan fingerprint density at radius 3 is 1.04 bits per heavy atom. The number of hydrogen-bond donors (Lipinski definition) is 0. The summed E-state index contributed by atoms with van der Waals surface area (Å²) in [5.41, 5.74) is 27.5. The molecule has 0 spiro atoms. The van der Waals surface area contributed by atoms with Gasteiger partial charge in [0, 0.05) is 220 Å². The highest BCUT2D eigenvalue weighted by Gasteiger charge is 2.32. The molecule has 1 aliphatic carbocycles. The fraction of sp³-hybridized carbons (Fsp3) is 0.413. The van der Waals surface area contributed by atoms with E-state index in [1.165, 1.54) is 134 Å². The summed E-state index contributed by atoms with van der Waals surface area (Å²) in [6.07, 6.45) is 46.3. The van der Waals surface area contributed by atoms with E-state index in [2.05, 4.69) is 160 Å². The first kappa shape index (κ1) is 88.8. The van der Waals surface area contributed by atoms with Crippen molar-refractivity contribution in [2.45, 2.75) is 216 Å². The van der Waals surface area contributed by atoms with E-state index < -0.39 is 0 Å². The van der Waals surface area contributed by atoms with Crippen molar-refractivity contribution in [2.75, 3.05) is 89.9 Å². The Labute approximate surface area is 786 Å². The van der Waals surface area contributed by atoms with Crippen molar-refractivity contribution in [3.63, 3.8) is 0 Å². The van der Waals surface area contributed by atoms with Crippen LogP contribution in [0, 0.1) is 69.2 Å². The van der Waals surface area contributed by atoms with Gasteiger partial charge in [-0.05, 0) is 224 Å². The van der Waals surface area contributed by atoms with Gasteiger partial charge in [0.15, 0.2) is 16.9 Å². The van der Waals surface area contributed by atoms with Gasteiger partial charge in [-0.2, -0.15) is 0 Å². The first-order valence-corrected chi connectivity index (χ1v) is 48.5. The number of hydrogen-bond acceptors (Lipinski definition) is 26. The Kier molecular flexibility index (Phi) is 26.0. The van der Waals surface area contributed by atoms with Crippen LogP contribution >= 0.6 is 0 Å². The highest BCUT2D eigenvalue weighted by atomic mass is 15.3. The normalized spacial score (nSPS) is 15.0. The number of anilines is 5. The van der Waals surface area contributed by atoms with Gasteiger partial charge in [-0.1, -0.05) is 12.1 Å². The molecule has 0 bridgehead atoms. The van der Waals surface area contributed by atoms with E-state index in [1.807, 2.05) is 154 Å². The van der Waals surface area contributed by atoms with E-state index in [-0.39, 0.29) is 0 Å². The minimum atomic E-state index is 0.707. The second-order valence-electron chi connectivity index (χ2n) is 36.9. The first-order valence-electron chi connectivity index (χ1n) is 48.5. The van der Waals surface area contributed by atoms with E-state index in [1.54, 1.807) is 18.6 Å². The summed E-state index contributed by atoms with van der Waals surface area (Å²) < 4.78 is 11.2. The van der Waals surface area contributed by atoms with Gasteiger partial charge in [0.05, 0.1) is 80.2 Å². The lowest BCUT2D eigenvalue weighted by Crippen LogP contribution is -2.21. The predicted octanol–water partition coefficient (Wildman–Crippen LogP) is 16.3. The summed E-state index contributed by atoms with van der Waals surface area (Å²) in [7, 11) is 0. The molecule has 0 aromatic carbocycles. The largest absolute Gasteiger partial charge is 0.356 e. The number of rotatable bonds is 21. The van der Waals surface area contributed by atoms with Gasteiger partial charge in [0.1, 0.15) is 86.1 Å². The lowest BCUT2D eigenvalue weighted by atomic mass is 10.2. The highest BCUT2D eigenvalue weighted by molar-refractivity contribution is 5.77. The third-order valence-electron chi connectivity index (χ3n) is 26.6. The van der Waals surface area contributed by atoms with Crippen LogP contribution in [0.2, 0.25) is 0 Å². The number of aryl methyl sites for hydroxylation is 20. The van der Waals surface area contributed by atoms with Crippen LogP contribution in [0.4, 0.5) is 29.1 Å². The number of pyridine rings is 5. The number of nitrogens with zero attached hydrogens (tertiary/aromatic N) is 31. The van der Waals surface area contributed by atoms with Gasteiger partial charge < -0.3 is 24.5 Å². The molecule has 5 saturated heterocycles. The van der Waals surface area contributed by atoms with Crippen molar-refractivity contribution in [3.05, 3.63) is 267 Å². The molecule has 18 aromatic rings. The molecule has 0 amide bonds. The maximum absolute atomic E-state index is 5.14. The molecule has 18 aromatic heterocycles. The average molecular weight is 1800 g/mol. The molecule has 6 fully saturated rings. The summed E-state index contributed by atoms with van der Waals surface area (Å²) in [6.45, 7) is 31.3. The van der Waals surface area contributed by atoms with Crippen LogP contribution in [-0.2, 0) is 64.2 Å². The molecule has 24 rings (SSSR count). The Morgan fingerprint density at radius 1 is 0.252 bits per heavy atom. The first-order chi connectivity index (χ1) is 66.0. The van der Waals surface area contributed by atoms with Crippen LogP contribution in [0.15, 0.2) is 147 Å². The minimum Gasteiger partial charge on any atom is -0.356 e. The molecule has 0 atom stereocenters. The third-order valence-corrected chi connectivity index (χ3v) is 26.6. The molecule has 6 aliphatic rings. The van der Waals surface area contributed by atoms with E-state index >= 15 is 0 Å². The summed E-state index contributed by atoms with van der Waals surface area (Å²) in [6, 6.07) is 24.6. The summed E-state index contributed by atoms with van der Waals surface area (Å²) in [5, 5.41) is 0. The standard InChI is InChI=1S/C22H27N5.2C21H23N7.C20H21N7.C20H25N5/c1-15-14-16(2)24-20(23-15)10-9-19-22(26-11-3-4-12-26)27-13-5-6-18(17-7-8-17)21(27)25-19;1-14-5-6-16-18(24-14)13-23-19(25-16)8-7-17-21(27-10-3-4-11-27)28-12-9-22-15(2)20(28)26-17;1-14-19-16(6-5-9-23-19)25-18(24-14)8-7-17-21(27-11-3-4-12-27)28-13-10-22-15(2)20(28)26-17;1-14-19-25-16(20(26-10-2-3-11-26)27(19)12-9-21-14)6-7-18-23-13-17-15(24-18)5-4-8-22-17;1-14-7-6-12-25-19(14)23-17(20(25)24-10-4-5-11-24)8-9-18-21-15(2)13-16(3)22-18/h5-6,13-14,17H,3-4,7-12H2,1-2H3;5-6,9,12-13H,3-4,7-8,10-11H2,1-2H3;5-6,9-10,13H,3-4,7-8,11-12H2,1-2H3;4-5,8-9,12-13H,2-3,6-7,10-11H2,1H3;6-7,12-13H,4-5,8-11H2,1-3H3. The van der Waals surface area contributed by atoms with Crippen LogP contribution < -0.4 is 24.5 Å². The van der Waals surface area contributed by atoms with Gasteiger partial charge in [0.2, 0.25) is 0 Å². The van der Waals surface area contributed by atoms with E-state index in [4.69, 9.17) is 34.9 Å². The van der Waals surface area contributed by atoms with E-state index in [0.717, 1.165) is 283 Å². The smallest absolute Gasteiger partial charge is 0.160 e. The fourth-order valence-corrected chi connectivity index (χ4v) is 20.1. The fourth-order valence-electron chi connectivity index (χ4n) is 20.1. The number of fused-ring (bicyclic) bond motifs is 8. The SMILES string of the molecule is Cc1cc(C)nc(CCc2nc3c(C)cccn3c2N2CCCC2)n1.Cc1cc(C)nc(CCc2nc3c(C4CC4)cccn3c2N2CCCC2)n1.Cc1ccc2nc(CCc3nc4c(C)nccn4c3N3CCCC3)ncc2n1.Cc1nc(CCc2nc3c(C)nccn3c2N2CCCC2)nc2cccnc12.Cc1nccn2c(N3CCCC3)c(CCc3ncc4ncccc4n3)nc12. The van der Waals surface area contributed by atoms with Crippen molar-refractivity contribution in [3.8, 4) is 0 Å². The minimum absolute atomic E-state index is 0.707. The quantitative estimate of drug-likeness (QED) is 0.0645. The summed E-state index contributed by atoms with van der Waals surface area (Å²) in [5.74, 6) is 11.2. The molecule has 1 saturated carbocycles. The van der Waals surface area contributed by atoms with Crippen molar-refractivity contribution >= 4 is 90.4 Å². The maximum Gasteiger partial charge on any atom is 0.160 e. The lowest BCUT2D eigenvalue weighted by molar-refractivity contribution is 0.812. The maximum atomic E-state index is 5.14. The van der Waals surface area contributed by atoms with Crippen LogP contribution in [0.1, 0.15) is 203 Å². The van der Waals surface area contributed by atoms with Gasteiger partial charge in [-0.3, -0.25) is 46.9 Å². The summed E-state index contributed by atoms with van der Waals surface area (Å²) >= 11 is 0. The van der Waals surface area contributed by atoms with Crippen molar-refractivity contribution in [1.29, 1.82) is 0 Å². The van der Waals surface area contributed by atoms with E-state index in [9.17, 15) is 0 Å². The zero-order chi connectivity index (χ0) is 92.2. The molecule has 0 unspecified atom stereocenters. The molecule has 135 heavy (non-hydrogen) atoms. The van der Waals surface area contributed by atoms with Crippen LogP contribution in [0.3, 0.4) is 0 Å². The second-order valence-corrected chi connectivity index (χ2v) is 36.9. The van der Waals surface area contributed by atoms with E-state index in [0.29, 0.717) is 5.92 Å². The van der Waals surface area contributed by atoms with Crippen molar-refractivity contribution < 1.29 is 0 Å². The van der Waals surface area contributed by atoms with Gasteiger partial charge in [-0.15, -0.1) is 0 Å². The van der Waals surface area contributed by atoms with Crippen LogP contribution in [0.5, 0.6) is 0 Å². The van der Waals surface area contributed by atoms with Crippen molar-refractivity contribution in [1.82, 2.24) is 127 Å². The van der Waals surface area contributed by atoms with Crippen LogP contribution in [0.25, 0.3) is 61.3 Å². The molecule has 690 valence electrons. The number of aromatic nitrogens is 26. The van der Waals surface area contributed by atoms with Crippen LogP contribution in [-0.4, -0.2) is 192 Å². The van der Waals surface area contributed by atoms with Crippen molar-refractivity contribution in [2.24, 2.45) is 0 Å². The molecule has 31 nitrogen and oxygen atoms in total. The topological polar surface area (TPSA) is 309 Å². The lowest BCUT2D eigenvalue weighted by Gasteiger charge is -2.19.